The van der Waals surface area contributed by atoms with E-state index >= 15 is 0 Å². The Labute approximate surface area is 162 Å². The minimum atomic E-state index is -3.28. The maximum atomic E-state index is 12.1. The van der Waals surface area contributed by atoms with E-state index in [4.69, 9.17) is 9.47 Å². The van der Waals surface area contributed by atoms with Crippen LogP contribution >= 0.6 is 0 Å². The van der Waals surface area contributed by atoms with Gasteiger partial charge in [-0.15, -0.1) is 0 Å². The highest BCUT2D eigenvalue weighted by Crippen LogP contribution is 2.30. The Balaban J connectivity index is 1.96. The van der Waals surface area contributed by atoms with Crippen LogP contribution in [0.25, 0.3) is 0 Å². The fourth-order valence-corrected chi connectivity index (χ4v) is 3.05. The summed E-state index contributed by atoms with van der Waals surface area (Å²) in [5.74, 6) is -0.123. The van der Waals surface area contributed by atoms with Crippen LogP contribution in [0.3, 0.4) is 0 Å². The fourth-order valence-electron chi connectivity index (χ4n) is 2.42. The molecule has 1 amide bonds. The SMILES string of the molecule is COc1cc(OCC(=O)N[C@H](C)c2ccc(S(C)(=O)=O)cc2)ccc1[N+](=O)[O-]. The third kappa shape index (κ3) is 5.43. The van der Waals surface area contributed by atoms with Crippen molar-refractivity contribution in [2.45, 2.75) is 17.9 Å². The van der Waals surface area contributed by atoms with Gasteiger partial charge >= 0.3 is 5.69 Å². The number of nitrogens with one attached hydrogen (secondary N) is 1. The zero-order valence-electron chi connectivity index (χ0n) is 15.5. The van der Waals surface area contributed by atoms with E-state index in [0.717, 1.165) is 11.8 Å². The molecule has 0 unspecified atom stereocenters. The summed E-state index contributed by atoms with van der Waals surface area (Å²) >= 11 is 0. The normalized spacial score (nSPS) is 12.1. The number of hydrogen-bond acceptors (Lipinski definition) is 7. The quantitative estimate of drug-likeness (QED) is 0.524. The van der Waals surface area contributed by atoms with Crippen molar-refractivity contribution in [3.63, 3.8) is 0 Å². The second-order valence-electron chi connectivity index (χ2n) is 6.01. The third-order valence-corrected chi connectivity index (χ3v) is 5.03. The molecule has 2 aromatic carbocycles. The first-order valence-corrected chi connectivity index (χ1v) is 10.1. The Morgan fingerprint density at radius 1 is 1.21 bits per heavy atom. The lowest BCUT2D eigenvalue weighted by Crippen LogP contribution is -2.31. The molecule has 0 heterocycles. The van der Waals surface area contributed by atoms with E-state index in [-0.39, 0.29) is 34.7 Å². The molecule has 2 aromatic rings. The number of hydrogen-bond donors (Lipinski definition) is 1. The lowest BCUT2D eigenvalue weighted by molar-refractivity contribution is -0.385. The molecule has 2 rings (SSSR count). The molecule has 28 heavy (non-hydrogen) atoms. The number of nitro benzene ring substituents is 1. The molecule has 0 saturated carbocycles. The number of benzene rings is 2. The van der Waals surface area contributed by atoms with E-state index in [1.54, 1.807) is 19.1 Å². The first-order chi connectivity index (χ1) is 13.1. The van der Waals surface area contributed by atoms with Crippen LogP contribution in [0.4, 0.5) is 5.69 Å². The molecule has 0 saturated heterocycles. The molecule has 150 valence electrons. The number of ether oxygens (including phenoxy) is 2. The number of nitrogens with zero attached hydrogens (tertiary/aromatic N) is 1. The maximum absolute atomic E-state index is 12.1. The van der Waals surface area contributed by atoms with Gasteiger partial charge in [0.1, 0.15) is 5.75 Å². The zero-order valence-corrected chi connectivity index (χ0v) is 16.4. The van der Waals surface area contributed by atoms with Crippen LogP contribution in [-0.4, -0.2) is 39.2 Å². The van der Waals surface area contributed by atoms with Gasteiger partial charge in [0, 0.05) is 18.4 Å². The Bertz CT molecular complexity index is 972. The highest BCUT2D eigenvalue weighted by molar-refractivity contribution is 7.90. The largest absolute Gasteiger partial charge is 0.490 e. The van der Waals surface area contributed by atoms with Crippen LogP contribution < -0.4 is 14.8 Å². The van der Waals surface area contributed by atoms with Crippen molar-refractivity contribution >= 4 is 21.4 Å². The smallest absolute Gasteiger partial charge is 0.311 e. The molecule has 10 heteroatoms. The van der Waals surface area contributed by atoms with Crippen molar-refractivity contribution in [2.75, 3.05) is 20.0 Å². The number of nitro groups is 1. The standard InChI is InChI=1S/C18H20N2O7S/c1-12(13-4-7-15(8-5-13)28(3,24)25)19-18(21)11-27-14-6-9-16(20(22)23)17(10-14)26-2/h4-10,12H,11H2,1-3H3,(H,19,21)/t12-/m1/s1. The van der Waals surface area contributed by atoms with Gasteiger partial charge in [0.05, 0.1) is 23.0 Å². The summed E-state index contributed by atoms with van der Waals surface area (Å²) in [5.41, 5.74) is 0.531. The van der Waals surface area contributed by atoms with Crippen molar-refractivity contribution in [1.82, 2.24) is 5.32 Å². The number of carbonyl (C=O) groups excluding carboxylic acids is 1. The van der Waals surface area contributed by atoms with Crippen LogP contribution in [0.15, 0.2) is 47.4 Å². The molecule has 0 aliphatic heterocycles. The summed E-state index contributed by atoms with van der Waals surface area (Å²) in [7, 11) is -1.98. The van der Waals surface area contributed by atoms with E-state index < -0.39 is 20.7 Å². The van der Waals surface area contributed by atoms with Gasteiger partial charge in [0.2, 0.25) is 5.75 Å². The number of amides is 1. The first kappa shape index (κ1) is 21.2. The van der Waals surface area contributed by atoms with Crippen LogP contribution in [0.5, 0.6) is 11.5 Å². The van der Waals surface area contributed by atoms with Gasteiger partial charge in [0.15, 0.2) is 16.4 Å². The second-order valence-corrected chi connectivity index (χ2v) is 8.03. The molecule has 0 bridgehead atoms. The first-order valence-electron chi connectivity index (χ1n) is 8.16. The molecule has 0 radical (unpaired) electrons. The number of methoxy groups -OCH3 is 1. The molecule has 9 nitrogen and oxygen atoms in total. The van der Waals surface area contributed by atoms with Crippen LogP contribution in [0.1, 0.15) is 18.5 Å². The molecular formula is C18H20N2O7S. The maximum Gasteiger partial charge on any atom is 0.311 e. The molecule has 0 aliphatic rings. The van der Waals surface area contributed by atoms with Gasteiger partial charge in [-0.3, -0.25) is 14.9 Å². The monoisotopic (exact) mass is 408 g/mol. The fraction of sp³-hybridized carbons (Fsp3) is 0.278. The number of sulfone groups is 1. The predicted octanol–water partition coefficient (Wildman–Crippen LogP) is 2.26. The molecule has 0 fully saturated rings. The van der Waals surface area contributed by atoms with E-state index in [1.807, 2.05) is 0 Å². The number of rotatable bonds is 8. The molecule has 1 N–H and O–H groups in total. The molecule has 1 atom stereocenters. The lowest BCUT2D eigenvalue weighted by atomic mass is 10.1. The van der Waals surface area contributed by atoms with Crippen LogP contribution in [0, 0.1) is 10.1 Å². The van der Waals surface area contributed by atoms with Gasteiger partial charge in [-0.05, 0) is 30.7 Å². The van der Waals surface area contributed by atoms with E-state index in [2.05, 4.69) is 5.32 Å². The third-order valence-electron chi connectivity index (χ3n) is 3.90. The Hall–Kier alpha value is -3.14. The molecule has 0 aliphatic carbocycles. The molecule has 0 spiro atoms. The average Bonchev–Trinajstić information content (AvgIpc) is 2.65. The van der Waals surface area contributed by atoms with Crippen molar-refractivity contribution in [3.8, 4) is 11.5 Å². The van der Waals surface area contributed by atoms with Crippen molar-refractivity contribution in [2.24, 2.45) is 0 Å². The minimum absolute atomic E-state index is 0.0299. The Kier molecular flexibility index (Phi) is 6.57. The van der Waals surface area contributed by atoms with Crippen LogP contribution in [0.2, 0.25) is 0 Å². The number of carbonyl (C=O) groups is 1. The topological polar surface area (TPSA) is 125 Å². The van der Waals surface area contributed by atoms with E-state index in [0.29, 0.717) is 0 Å². The Morgan fingerprint density at radius 2 is 1.86 bits per heavy atom. The summed E-state index contributed by atoms with van der Waals surface area (Å²) in [5, 5.41) is 13.6. The zero-order chi connectivity index (χ0) is 20.9. The van der Waals surface area contributed by atoms with Crippen molar-refractivity contribution in [3.05, 3.63) is 58.1 Å². The summed E-state index contributed by atoms with van der Waals surface area (Å²) in [6.45, 7) is 1.45. The lowest BCUT2D eigenvalue weighted by Gasteiger charge is -2.15. The molecule has 0 aromatic heterocycles. The van der Waals surface area contributed by atoms with Gasteiger partial charge in [-0.2, -0.15) is 0 Å². The van der Waals surface area contributed by atoms with Crippen molar-refractivity contribution < 1.29 is 27.6 Å². The Morgan fingerprint density at radius 3 is 2.39 bits per heavy atom. The van der Waals surface area contributed by atoms with E-state index in [9.17, 15) is 23.3 Å². The second kappa shape index (κ2) is 8.70. The van der Waals surface area contributed by atoms with Gasteiger partial charge < -0.3 is 14.8 Å². The van der Waals surface area contributed by atoms with Crippen LogP contribution in [-0.2, 0) is 14.6 Å². The van der Waals surface area contributed by atoms with Gasteiger partial charge in [-0.25, -0.2) is 8.42 Å². The van der Waals surface area contributed by atoms with Crippen molar-refractivity contribution in [1.29, 1.82) is 0 Å². The van der Waals surface area contributed by atoms with Gasteiger partial charge in [0.25, 0.3) is 5.91 Å². The highest BCUT2D eigenvalue weighted by atomic mass is 32.2. The van der Waals surface area contributed by atoms with E-state index in [1.165, 1.54) is 37.4 Å². The highest BCUT2D eigenvalue weighted by Gasteiger charge is 2.16. The van der Waals surface area contributed by atoms with Gasteiger partial charge in [-0.1, -0.05) is 12.1 Å². The summed E-state index contributed by atoms with van der Waals surface area (Å²) < 4.78 is 33.3. The average molecular weight is 408 g/mol. The molecular weight excluding hydrogens is 388 g/mol. The minimum Gasteiger partial charge on any atom is -0.490 e. The predicted molar refractivity (Wildman–Crippen MR) is 101 cm³/mol. The summed E-state index contributed by atoms with van der Waals surface area (Å²) in [6.07, 6.45) is 1.12. The summed E-state index contributed by atoms with van der Waals surface area (Å²) in [6, 6.07) is 9.79. The summed E-state index contributed by atoms with van der Waals surface area (Å²) in [4.78, 5) is 22.6.